The fourth-order valence-corrected chi connectivity index (χ4v) is 13.6. The molecule has 6 rings (SSSR count). The first-order chi connectivity index (χ1) is 19.7. The van der Waals surface area contributed by atoms with Gasteiger partial charge in [-0.3, -0.25) is 4.79 Å². The minimum atomic E-state index is -1.99. The van der Waals surface area contributed by atoms with Gasteiger partial charge < -0.3 is 18.3 Å². The lowest BCUT2D eigenvalue weighted by Crippen LogP contribution is -2.66. The molecule has 4 saturated carbocycles. The summed E-state index contributed by atoms with van der Waals surface area (Å²) >= 11 is 0. The monoisotopic (exact) mass is 632 g/mol. The molecule has 1 spiro atoms. The second-order valence-corrected chi connectivity index (χ2v) is 28.3. The van der Waals surface area contributed by atoms with Crippen LogP contribution in [-0.2, 0) is 23.1 Å². The van der Waals surface area contributed by atoms with Gasteiger partial charge in [0.15, 0.2) is 28.2 Å². The minimum absolute atomic E-state index is 0.117. The number of carbonyl (C=O) groups is 1. The molecule has 43 heavy (non-hydrogen) atoms. The molecule has 0 aromatic carbocycles. The summed E-state index contributed by atoms with van der Waals surface area (Å²) in [5.74, 6) is 2.71. The standard InChI is InChI=1S/C36H64O5Si2/c1-22-15-18-36(38-21-22)23(2)29-28(39-36)20-27-26-14-13-24-19-25(40-43(11,12)33(3,4)5)16-17-34(24,6)30(26)31(41-42(8,9)10)32(37)35(27,29)7/h22-31H,13-21H2,1-12H3/t22-,23+,24+,25+,26+,27+,28+,29+,30-,31-,34+,35+,36-/m1/s1. The molecule has 6 fully saturated rings. The summed E-state index contributed by atoms with van der Waals surface area (Å²) in [5, 5.41) is 0.223. The second kappa shape index (κ2) is 10.5. The van der Waals surface area contributed by atoms with Gasteiger partial charge in [-0.2, -0.15) is 0 Å². The molecule has 0 aromatic rings. The SMILES string of the molecule is C[C@@H]1CC[C@@]2(OC1)O[C@H]1C[C@H]3[C@@H]4CC[C@H]5C[C@@H](O[Si](C)(C)C(C)(C)C)CC[C@]5(C)[C@H]4[C@@H](O[Si](C)(C)C)C(=O)[C@]3(C)[C@H]1[C@@H]2C. The van der Waals surface area contributed by atoms with Gasteiger partial charge in [0.2, 0.25) is 0 Å². The van der Waals surface area contributed by atoms with Crippen LogP contribution in [0.3, 0.4) is 0 Å². The number of carbonyl (C=O) groups excluding carboxylic acids is 1. The average Bonchev–Trinajstić information content (AvgIpc) is 3.33. The third-order valence-corrected chi connectivity index (χ3v) is 20.0. The third-order valence-electron chi connectivity index (χ3n) is 14.5. The molecule has 13 atom stereocenters. The second-order valence-electron chi connectivity index (χ2n) is 19.1. The number of hydrogen-bond donors (Lipinski definition) is 0. The molecule has 0 bridgehead atoms. The van der Waals surface area contributed by atoms with Crippen LogP contribution in [-0.4, -0.2) is 53.1 Å². The maximum atomic E-state index is 15.2. The number of fused-ring (bicyclic) bond motifs is 7. The Kier molecular flexibility index (Phi) is 8.00. The van der Waals surface area contributed by atoms with Crippen molar-refractivity contribution in [1.82, 2.24) is 0 Å². The molecule has 7 heteroatoms. The molecule has 6 aliphatic rings. The maximum absolute atomic E-state index is 15.2. The smallest absolute Gasteiger partial charge is 0.192 e. The lowest BCUT2D eigenvalue weighted by atomic mass is 9.43. The fraction of sp³-hybridized carbons (Fsp3) is 0.972. The zero-order valence-corrected chi connectivity index (χ0v) is 31.7. The van der Waals surface area contributed by atoms with Crippen molar-refractivity contribution in [3.8, 4) is 0 Å². The van der Waals surface area contributed by atoms with Gasteiger partial charge in [-0.25, -0.2) is 0 Å². The van der Waals surface area contributed by atoms with E-state index in [4.69, 9.17) is 18.3 Å². The van der Waals surface area contributed by atoms with Gasteiger partial charge in [0, 0.05) is 29.8 Å². The summed E-state index contributed by atoms with van der Waals surface area (Å²) in [5.41, 5.74) is -0.289. The molecule has 0 aromatic heterocycles. The summed E-state index contributed by atoms with van der Waals surface area (Å²) in [7, 11) is -3.82. The summed E-state index contributed by atoms with van der Waals surface area (Å²) in [6, 6.07) is 0. The highest BCUT2D eigenvalue weighted by molar-refractivity contribution is 6.74. The summed E-state index contributed by atoms with van der Waals surface area (Å²) < 4.78 is 27.7. The molecular formula is C36H64O5Si2. The van der Waals surface area contributed by atoms with Crippen molar-refractivity contribution in [1.29, 1.82) is 0 Å². The summed E-state index contributed by atoms with van der Waals surface area (Å²) in [6.45, 7) is 29.0. The largest absolute Gasteiger partial charge is 0.414 e. The van der Waals surface area contributed by atoms with E-state index in [1.807, 2.05) is 0 Å². The van der Waals surface area contributed by atoms with Crippen LogP contribution in [0.5, 0.6) is 0 Å². The summed E-state index contributed by atoms with van der Waals surface area (Å²) in [4.78, 5) is 15.2. The Hall–Kier alpha value is -0.0562. The van der Waals surface area contributed by atoms with Crippen LogP contribution in [0.2, 0.25) is 37.8 Å². The van der Waals surface area contributed by atoms with Crippen LogP contribution in [0.4, 0.5) is 0 Å². The highest BCUT2D eigenvalue weighted by Crippen LogP contribution is 2.71. The lowest BCUT2D eigenvalue weighted by Gasteiger charge is -2.63. The molecule has 2 heterocycles. The first-order valence-corrected chi connectivity index (χ1v) is 24.3. The van der Waals surface area contributed by atoms with Gasteiger partial charge in [0.25, 0.3) is 0 Å². The van der Waals surface area contributed by atoms with E-state index >= 15 is 4.79 Å². The van der Waals surface area contributed by atoms with Crippen molar-refractivity contribution in [2.75, 3.05) is 6.61 Å². The van der Waals surface area contributed by atoms with Crippen molar-refractivity contribution in [2.45, 2.75) is 162 Å². The number of ether oxygens (including phenoxy) is 2. The Morgan fingerprint density at radius 2 is 1.58 bits per heavy atom. The Morgan fingerprint density at radius 1 is 0.884 bits per heavy atom. The van der Waals surface area contributed by atoms with Gasteiger partial charge in [-0.1, -0.05) is 48.5 Å². The quantitative estimate of drug-likeness (QED) is 0.290. The molecule has 2 aliphatic heterocycles. The number of hydrogen-bond acceptors (Lipinski definition) is 5. The van der Waals surface area contributed by atoms with Crippen molar-refractivity contribution < 1.29 is 23.1 Å². The van der Waals surface area contributed by atoms with Crippen molar-refractivity contribution >= 4 is 22.4 Å². The topological polar surface area (TPSA) is 54.0 Å². The first kappa shape index (κ1) is 32.9. The van der Waals surface area contributed by atoms with E-state index < -0.39 is 27.8 Å². The predicted octanol–water partition coefficient (Wildman–Crippen LogP) is 8.83. The Balaban J connectivity index is 1.31. The minimum Gasteiger partial charge on any atom is -0.414 e. The Bertz CT molecular complexity index is 1090. The average molecular weight is 633 g/mol. The first-order valence-electron chi connectivity index (χ1n) is 18.0. The highest BCUT2D eigenvalue weighted by atomic mass is 28.4. The molecule has 0 amide bonds. The number of rotatable bonds is 4. The number of Topliss-reactive ketones (excluding diaryl/α,β-unsaturated/α-hetero) is 1. The highest BCUT2D eigenvalue weighted by Gasteiger charge is 2.74. The van der Waals surface area contributed by atoms with Crippen LogP contribution in [0.25, 0.3) is 0 Å². The third kappa shape index (κ3) is 5.07. The molecule has 0 N–H and O–H groups in total. The van der Waals surface area contributed by atoms with Crippen LogP contribution in [0.1, 0.15) is 99.8 Å². The van der Waals surface area contributed by atoms with E-state index in [2.05, 4.69) is 81.2 Å². The van der Waals surface area contributed by atoms with E-state index in [-0.39, 0.29) is 34.5 Å². The molecule has 246 valence electrons. The Labute approximate surface area is 265 Å². The van der Waals surface area contributed by atoms with E-state index in [1.165, 1.54) is 12.8 Å². The van der Waals surface area contributed by atoms with Crippen LogP contribution in [0, 0.1) is 52.3 Å². The van der Waals surface area contributed by atoms with Gasteiger partial charge in [0.1, 0.15) is 6.10 Å². The van der Waals surface area contributed by atoms with E-state index in [0.717, 1.165) is 45.1 Å². The lowest BCUT2D eigenvalue weighted by molar-refractivity contribution is -0.273. The maximum Gasteiger partial charge on any atom is 0.192 e. The molecular weight excluding hydrogens is 569 g/mol. The van der Waals surface area contributed by atoms with Gasteiger partial charge in [0.05, 0.1) is 12.7 Å². The zero-order valence-electron chi connectivity index (χ0n) is 29.7. The van der Waals surface area contributed by atoms with Crippen molar-refractivity contribution in [3.05, 3.63) is 0 Å². The van der Waals surface area contributed by atoms with Crippen LogP contribution >= 0.6 is 0 Å². The van der Waals surface area contributed by atoms with Crippen LogP contribution in [0.15, 0.2) is 0 Å². The number of ketones is 1. The van der Waals surface area contributed by atoms with Crippen molar-refractivity contribution in [2.24, 2.45) is 52.3 Å². The summed E-state index contributed by atoms with van der Waals surface area (Å²) in [6.07, 6.45) is 9.16. The van der Waals surface area contributed by atoms with Gasteiger partial charge in [-0.05, 0) is 118 Å². The van der Waals surface area contributed by atoms with Gasteiger partial charge >= 0.3 is 0 Å². The van der Waals surface area contributed by atoms with E-state index in [1.54, 1.807) is 0 Å². The van der Waals surface area contributed by atoms with E-state index in [9.17, 15) is 0 Å². The van der Waals surface area contributed by atoms with Gasteiger partial charge in [-0.15, -0.1) is 0 Å². The molecule has 4 aliphatic carbocycles. The normalized spacial score (nSPS) is 50.3. The Morgan fingerprint density at radius 3 is 2.19 bits per heavy atom. The molecule has 2 saturated heterocycles. The van der Waals surface area contributed by atoms with E-state index in [0.29, 0.717) is 41.5 Å². The molecule has 0 radical (unpaired) electrons. The van der Waals surface area contributed by atoms with Crippen LogP contribution < -0.4 is 0 Å². The molecule has 0 unspecified atom stereocenters. The fourth-order valence-electron chi connectivity index (χ4n) is 11.2. The zero-order chi connectivity index (χ0) is 31.5. The predicted molar refractivity (Wildman–Crippen MR) is 178 cm³/mol. The van der Waals surface area contributed by atoms with Crippen molar-refractivity contribution in [3.63, 3.8) is 0 Å². The molecule has 5 nitrogen and oxygen atoms in total.